The van der Waals surface area contributed by atoms with Crippen molar-refractivity contribution in [1.29, 1.82) is 0 Å². The van der Waals surface area contributed by atoms with Gasteiger partial charge in [-0.1, -0.05) is 23.7 Å². The maximum atomic E-state index is 13.7. The summed E-state index contributed by atoms with van der Waals surface area (Å²) in [7, 11) is 1.57. The lowest BCUT2D eigenvalue weighted by Gasteiger charge is -2.39. The minimum absolute atomic E-state index is 0.0142. The molecule has 0 saturated carbocycles. The predicted octanol–water partition coefficient (Wildman–Crippen LogP) is 6.33. The van der Waals surface area contributed by atoms with Crippen molar-refractivity contribution in [2.75, 3.05) is 38.6 Å². The number of nitrogens with one attached hydrogen (secondary N) is 1. The van der Waals surface area contributed by atoms with E-state index in [4.69, 9.17) is 16.3 Å². The number of ether oxygens (including phenoxy) is 1. The van der Waals surface area contributed by atoms with Crippen LogP contribution in [0.25, 0.3) is 11.1 Å². The van der Waals surface area contributed by atoms with Crippen LogP contribution in [-0.4, -0.2) is 67.2 Å². The van der Waals surface area contributed by atoms with E-state index in [-0.39, 0.29) is 41.5 Å². The lowest BCUT2D eigenvalue weighted by molar-refractivity contribution is -0.138. The highest BCUT2D eigenvalue weighted by Crippen LogP contribution is 2.36. The van der Waals surface area contributed by atoms with Crippen molar-refractivity contribution >= 4 is 35.4 Å². The highest BCUT2D eigenvalue weighted by atomic mass is 35.5. The monoisotopic (exact) mass is 641 g/mol. The van der Waals surface area contributed by atoms with Gasteiger partial charge in [-0.15, -0.1) is 0 Å². The second-order valence-electron chi connectivity index (χ2n) is 10.0. The van der Waals surface area contributed by atoms with Gasteiger partial charge in [0.15, 0.2) is 6.61 Å². The average molecular weight is 642 g/mol. The van der Waals surface area contributed by atoms with E-state index in [9.17, 15) is 40.7 Å². The Hall–Kier alpha value is -4.26. The summed E-state index contributed by atoms with van der Waals surface area (Å²) in [6.07, 6.45) is -8.66. The molecule has 14 heteroatoms. The molecule has 3 aromatic carbocycles. The Labute approximate surface area is 253 Å². The van der Waals surface area contributed by atoms with Gasteiger partial charge in [0.25, 0.3) is 11.8 Å². The van der Waals surface area contributed by atoms with Gasteiger partial charge in [-0.05, 0) is 66.1 Å². The lowest BCUT2D eigenvalue weighted by atomic mass is 9.95. The number of rotatable bonds is 7. The van der Waals surface area contributed by atoms with Crippen molar-refractivity contribution < 1.29 is 45.5 Å². The second-order valence-corrected chi connectivity index (χ2v) is 10.4. The molecule has 234 valence electrons. The molecular weight excluding hydrogens is 616 g/mol. The average Bonchev–Trinajstić information content (AvgIpc) is 2.98. The zero-order chi connectivity index (χ0) is 32.4. The van der Waals surface area contributed by atoms with Crippen LogP contribution < -0.4 is 10.1 Å². The quantitative estimate of drug-likeness (QED) is 0.241. The van der Waals surface area contributed by atoms with E-state index in [1.54, 1.807) is 26.1 Å². The van der Waals surface area contributed by atoms with Crippen LogP contribution in [0.5, 0.6) is 5.75 Å². The number of amides is 2. The molecule has 0 spiro atoms. The number of carbonyl (C=O) groups excluding carboxylic acids is 3. The van der Waals surface area contributed by atoms with Crippen LogP contribution in [-0.2, 0) is 21.9 Å². The molecule has 1 saturated heterocycles. The summed E-state index contributed by atoms with van der Waals surface area (Å²) in [5.74, 6) is -1.29. The Morgan fingerprint density at radius 2 is 1.64 bits per heavy atom. The van der Waals surface area contributed by atoms with Crippen LogP contribution in [0.2, 0.25) is 5.02 Å². The van der Waals surface area contributed by atoms with Crippen LogP contribution in [0.4, 0.5) is 32.0 Å². The van der Waals surface area contributed by atoms with E-state index >= 15 is 0 Å². The molecular formula is C30H26ClF6N3O4. The van der Waals surface area contributed by atoms with E-state index in [2.05, 4.69) is 5.32 Å². The minimum Gasteiger partial charge on any atom is -0.482 e. The van der Waals surface area contributed by atoms with E-state index in [0.717, 1.165) is 24.3 Å². The van der Waals surface area contributed by atoms with Gasteiger partial charge in [0.1, 0.15) is 18.1 Å². The predicted molar refractivity (Wildman–Crippen MR) is 151 cm³/mol. The molecule has 7 nitrogen and oxygen atoms in total. The normalized spacial score (nSPS) is 15.6. The van der Waals surface area contributed by atoms with Crippen LogP contribution >= 0.6 is 11.6 Å². The van der Waals surface area contributed by atoms with Gasteiger partial charge in [0.2, 0.25) is 0 Å². The molecule has 1 aliphatic rings. The molecule has 0 radical (unpaired) electrons. The van der Waals surface area contributed by atoms with Crippen molar-refractivity contribution in [3.05, 3.63) is 81.9 Å². The van der Waals surface area contributed by atoms with E-state index in [0.29, 0.717) is 29.2 Å². The Morgan fingerprint density at radius 1 is 0.977 bits per heavy atom. The number of nitrogens with zero attached hydrogens (tertiary/aromatic N) is 2. The number of aryl methyl sites for hydroxylation is 1. The topological polar surface area (TPSA) is 79.0 Å². The summed E-state index contributed by atoms with van der Waals surface area (Å²) in [6.45, 7) is 0.856. The summed E-state index contributed by atoms with van der Waals surface area (Å²) >= 11 is 5.88. The van der Waals surface area contributed by atoms with Crippen molar-refractivity contribution in [1.82, 2.24) is 9.80 Å². The molecule has 0 aliphatic carbocycles. The summed E-state index contributed by atoms with van der Waals surface area (Å²) in [4.78, 5) is 41.1. The third-order valence-corrected chi connectivity index (χ3v) is 7.49. The van der Waals surface area contributed by atoms with Gasteiger partial charge in [0, 0.05) is 32.4 Å². The molecule has 4 rings (SSSR count). The summed E-state index contributed by atoms with van der Waals surface area (Å²) < 4.78 is 84.1. The molecule has 2 amide bonds. The Bertz CT molecular complexity index is 1580. The molecule has 1 atom stereocenters. The van der Waals surface area contributed by atoms with E-state index in [1.165, 1.54) is 21.9 Å². The molecule has 0 aromatic heterocycles. The number of piperazine rings is 1. The minimum atomic E-state index is -4.61. The molecule has 1 heterocycles. The molecule has 0 bridgehead atoms. The van der Waals surface area contributed by atoms with Crippen molar-refractivity contribution in [2.45, 2.75) is 25.3 Å². The fourth-order valence-corrected chi connectivity index (χ4v) is 5.04. The van der Waals surface area contributed by atoms with Crippen LogP contribution in [0.3, 0.4) is 0 Å². The zero-order valence-corrected chi connectivity index (χ0v) is 24.1. The molecule has 1 fully saturated rings. The van der Waals surface area contributed by atoms with Crippen molar-refractivity contribution in [3.8, 4) is 16.9 Å². The molecule has 3 aromatic rings. The Balaban J connectivity index is 1.50. The smallest absolute Gasteiger partial charge is 0.416 e. The largest absolute Gasteiger partial charge is 0.482 e. The first-order valence-corrected chi connectivity index (χ1v) is 13.6. The van der Waals surface area contributed by atoms with Crippen molar-refractivity contribution in [2.24, 2.45) is 0 Å². The Morgan fingerprint density at radius 3 is 2.25 bits per heavy atom. The van der Waals surface area contributed by atoms with Crippen molar-refractivity contribution in [3.63, 3.8) is 0 Å². The van der Waals surface area contributed by atoms with E-state index in [1.807, 2.05) is 0 Å². The number of hydrogen-bond acceptors (Lipinski definition) is 5. The molecule has 44 heavy (non-hydrogen) atoms. The molecule has 1 unspecified atom stereocenters. The number of aldehydes is 1. The lowest BCUT2D eigenvalue weighted by Crippen LogP contribution is -2.58. The van der Waals surface area contributed by atoms with Crippen LogP contribution in [0.15, 0.2) is 54.6 Å². The number of hydrogen-bond donors (Lipinski definition) is 1. The SMILES string of the molecule is CNc1ccc(-c2cc(C(F)(F)F)ccc2C)cc1C(=O)N1CCN(C(=O)COc2ccc(C(F)(F)F)cc2Cl)CC1C=O. The maximum absolute atomic E-state index is 13.7. The maximum Gasteiger partial charge on any atom is 0.416 e. The van der Waals surface area contributed by atoms with Crippen LogP contribution in [0, 0.1) is 6.92 Å². The third kappa shape index (κ3) is 7.09. The Kier molecular flexibility index (Phi) is 9.47. The number of alkyl halides is 6. The number of halogens is 7. The molecule has 1 aliphatic heterocycles. The second kappa shape index (κ2) is 12.8. The van der Waals surface area contributed by atoms with E-state index < -0.39 is 47.9 Å². The molecule has 1 N–H and O–H groups in total. The number of carbonyl (C=O) groups is 3. The summed E-state index contributed by atoms with van der Waals surface area (Å²) in [5, 5.41) is 2.55. The summed E-state index contributed by atoms with van der Waals surface area (Å²) in [5.41, 5.74) is -0.102. The first-order chi connectivity index (χ1) is 20.6. The first kappa shape index (κ1) is 32.6. The highest BCUT2D eigenvalue weighted by Gasteiger charge is 2.35. The van der Waals surface area contributed by atoms with Crippen LogP contribution in [0.1, 0.15) is 27.0 Å². The van der Waals surface area contributed by atoms with Gasteiger partial charge in [-0.2, -0.15) is 26.3 Å². The fraction of sp³-hybridized carbons (Fsp3) is 0.300. The number of benzene rings is 3. The number of anilines is 1. The van der Waals surface area contributed by atoms with Gasteiger partial charge >= 0.3 is 12.4 Å². The van der Waals surface area contributed by atoms with Gasteiger partial charge in [0.05, 0.1) is 21.7 Å². The standard InChI is InChI=1S/C30H26ClF6N3O4/c1-17-3-5-19(29(32,33)34)12-22(17)18-4-7-25(38-2)23(11-18)28(43)40-10-9-39(14-21(40)15-41)27(42)16-44-26-8-6-20(13-24(26)31)30(35,36)37/h3-8,11-13,15,21,38H,9-10,14,16H2,1-2H3. The zero-order valence-electron chi connectivity index (χ0n) is 23.4. The highest BCUT2D eigenvalue weighted by molar-refractivity contribution is 6.32. The van der Waals surface area contributed by atoms with Gasteiger partial charge < -0.3 is 24.6 Å². The summed E-state index contributed by atoms with van der Waals surface area (Å²) in [6, 6.07) is 9.32. The van der Waals surface area contributed by atoms with Gasteiger partial charge in [-0.3, -0.25) is 9.59 Å². The van der Waals surface area contributed by atoms with Gasteiger partial charge in [-0.25, -0.2) is 0 Å². The third-order valence-electron chi connectivity index (χ3n) is 7.19. The fourth-order valence-electron chi connectivity index (χ4n) is 4.80. The first-order valence-electron chi connectivity index (χ1n) is 13.2.